The summed E-state index contributed by atoms with van der Waals surface area (Å²) in [6.45, 7) is 0.317. The summed E-state index contributed by atoms with van der Waals surface area (Å²) in [6.07, 6.45) is 8.10. The van der Waals surface area contributed by atoms with E-state index in [1.54, 1.807) is 4.68 Å². The normalized spacial score (nSPS) is 13.3. The molecule has 15 heavy (non-hydrogen) atoms. The van der Waals surface area contributed by atoms with E-state index >= 15 is 0 Å². The Hall–Kier alpha value is -1.76. The minimum absolute atomic E-state index is 0.317. The zero-order valence-corrected chi connectivity index (χ0v) is 8.62. The highest BCUT2D eigenvalue weighted by molar-refractivity contribution is 5.89. The zero-order chi connectivity index (χ0) is 10.8. The highest BCUT2D eigenvalue weighted by Gasteiger charge is 2.26. The molecular weight excluding hydrogens is 192 g/mol. The minimum Gasteiger partial charge on any atom is -0.464 e. The molecule has 0 atom stereocenters. The number of fused-ring (bicyclic) bond motifs is 1. The molecular formula is C11H12N2O2. The number of rotatable bonds is 2. The standard InChI is InChI=1S/C11H12N2O2/c1-3-7-13-10(11(14)15-2)8-5-4-6-9(8)12-13/h1H,4-7H2,2H3. The number of ether oxygens (including phenoxy) is 1. The lowest BCUT2D eigenvalue weighted by molar-refractivity contribution is 0.0586. The van der Waals surface area contributed by atoms with Gasteiger partial charge in [0.25, 0.3) is 0 Å². The summed E-state index contributed by atoms with van der Waals surface area (Å²) in [7, 11) is 1.37. The molecule has 1 aliphatic rings. The van der Waals surface area contributed by atoms with Gasteiger partial charge in [-0.15, -0.1) is 6.42 Å². The van der Waals surface area contributed by atoms with Gasteiger partial charge in [-0.25, -0.2) is 9.48 Å². The molecule has 0 aliphatic heterocycles. The van der Waals surface area contributed by atoms with E-state index in [2.05, 4.69) is 11.0 Å². The van der Waals surface area contributed by atoms with Crippen molar-refractivity contribution in [3.05, 3.63) is 17.0 Å². The lowest BCUT2D eigenvalue weighted by Crippen LogP contribution is -2.13. The number of carbonyl (C=O) groups is 1. The van der Waals surface area contributed by atoms with Crippen molar-refractivity contribution < 1.29 is 9.53 Å². The first-order valence-electron chi connectivity index (χ1n) is 4.88. The van der Waals surface area contributed by atoms with Gasteiger partial charge in [-0.05, 0) is 19.3 Å². The second kappa shape index (κ2) is 3.77. The molecule has 0 amide bonds. The third-order valence-corrected chi connectivity index (χ3v) is 2.59. The summed E-state index contributed by atoms with van der Waals surface area (Å²) in [5.41, 5.74) is 2.53. The molecule has 0 radical (unpaired) electrons. The lowest BCUT2D eigenvalue weighted by Gasteiger charge is -2.03. The molecule has 0 bridgehead atoms. The molecule has 0 saturated carbocycles. The fourth-order valence-corrected chi connectivity index (χ4v) is 1.97. The van der Waals surface area contributed by atoms with Crippen LogP contribution in [0.2, 0.25) is 0 Å². The Kier molecular flexibility index (Phi) is 2.46. The van der Waals surface area contributed by atoms with Crippen LogP contribution in [-0.2, 0) is 24.1 Å². The van der Waals surface area contributed by atoms with E-state index in [9.17, 15) is 4.79 Å². The van der Waals surface area contributed by atoms with E-state index in [1.165, 1.54) is 7.11 Å². The molecule has 0 N–H and O–H groups in total. The zero-order valence-electron chi connectivity index (χ0n) is 8.62. The van der Waals surface area contributed by atoms with Gasteiger partial charge in [0.05, 0.1) is 12.8 Å². The maximum absolute atomic E-state index is 11.6. The van der Waals surface area contributed by atoms with Crippen molar-refractivity contribution in [3.8, 4) is 12.3 Å². The number of aromatic nitrogens is 2. The van der Waals surface area contributed by atoms with Crippen LogP contribution in [0.1, 0.15) is 28.2 Å². The van der Waals surface area contributed by atoms with Gasteiger partial charge in [0.2, 0.25) is 0 Å². The van der Waals surface area contributed by atoms with Gasteiger partial charge >= 0.3 is 5.97 Å². The summed E-state index contributed by atoms with van der Waals surface area (Å²) in [5, 5.41) is 4.32. The lowest BCUT2D eigenvalue weighted by atomic mass is 10.2. The Labute approximate surface area is 88.2 Å². The third-order valence-electron chi connectivity index (χ3n) is 2.59. The summed E-state index contributed by atoms with van der Waals surface area (Å²) in [4.78, 5) is 11.6. The van der Waals surface area contributed by atoms with Crippen LogP contribution < -0.4 is 0 Å². The van der Waals surface area contributed by atoms with Crippen molar-refractivity contribution in [2.24, 2.45) is 0 Å². The largest absolute Gasteiger partial charge is 0.464 e. The average Bonchev–Trinajstić information content (AvgIpc) is 2.77. The number of hydrogen-bond donors (Lipinski definition) is 0. The molecule has 1 heterocycles. The predicted octanol–water partition coefficient (Wildman–Crippen LogP) is 0.792. The smallest absolute Gasteiger partial charge is 0.356 e. The van der Waals surface area contributed by atoms with Gasteiger partial charge < -0.3 is 4.74 Å². The van der Waals surface area contributed by atoms with Crippen molar-refractivity contribution >= 4 is 5.97 Å². The fourth-order valence-electron chi connectivity index (χ4n) is 1.97. The van der Waals surface area contributed by atoms with Gasteiger partial charge in [0.15, 0.2) is 5.69 Å². The molecule has 4 heteroatoms. The Morgan fingerprint density at radius 1 is 1.67 bits per heavy atom. The Balaban J connectivity index is 2.48. The molecule has 1 aromatic rings. The third kappa shape index (κ3) is 1.50. The predicted molar refractivity (Wildman–Crippen MR) is 54.4 cm³/mol. The average molecular weight is 204 g/mol. The van der Waals surface area contributed by atoms with Crippen LogP contribution in [-0.4, -0.2) is 22.9 Å². The van der Waals surface area contributed by atoms with E-state index < -0.39 is 0 Å². The van der Waals surface area contributed by atoms with Crippen LogP contribution in [0.4, 0.5) is 0 Å². The van der Waals surface area contributed by atoms with Crippen molar-refractivity contribution in [1.82, 2.24) is 9.78 Å². The van der Waals surface area contributed by atoms with Gasteiger partial charge in [-0.3, -0.25) is 0 Å². The molecule has 1 aromatic heterocycles. The second-order valence-corrected chi connectivity index (χ2v) is 3.48. The SMILES string of the molecule is C#CCn1nc2c(c1C(=O)OC)CCC2. The van der Waals surface area contributed by atoms with Crippen LogP contribution in [0.15, 0.2) is 0 Å². The van der Waals surface area contributed by atoms with Crippen molar-refractivity contribution in [1.29, 1.82) is 0 Å². The van der Waals surface area contributed by atoms with E-state index in [4.69, 9.17) is 11.2 Å². The van der Waals surface area contributed by atoms with E-state index in [-0.39, 0.29) is 5.97 Å². The Morgan fingerprint density at radius 3 is 3.13 bits per heavy atom. The van der Waals surface area contributed by atoms with Gasteiger partial charge in [-0.1, -0.05) is 5.92 Å². The van der Waals surface area contributed by atoms with Crippen molar-refractivity contribution in [3.63, 3.8) is 0 Å². The quantitative estimate of drug-likeness (QED) is 0.528. The summed E-state index contributed by atoms with van der Waals surface area (Å²) in [5.74, 6) is 2.14. The van der Waals surface area contributed by atoms with Crippen LogP contribution >= 0.6 is 0 Å². The molecule has 0 spiro atoms. The second-order valence-electron chi connectivity index (χ2n) is 3.48. The number of esters is 1. The topological polar surface area (TPSA) is 44.1 Å². The van der Waals surface area contributed by atoms with Crippen LogP contribution in [0.25, 0.3) is 0 Å². The van der Waals surface area contributed by atoms with Gasteiger partial charge in [0.1, 0.15) is 6.54 Å². The summed E-state index contributed by atoms with van der Waals surface area (Å²) < 4.78 is 6.30. The Bertz CT molecular complexity index is 440. The first-order chi connectivity index (χ1) is 7.27. The molecule has 0 fully saturated rings. The van der Waals surface area contributed by atoms with Gasteiger partial charge in [-0.2, -0.15) is 5.10 Å². The minimum atomic E-state index is -0.346. The Morgan fingerprint density at radius 2 is 2.47 bits per heavy atom. The van der Waals surface area contributed by atoms with Crippen LogP contribution in [0.3, 0.4) is 0 Å². The molecule has 1 aliphatic carbocycles. The fraction of sp³-hybridized carbons (Fsp3) is 0.455. The summed E-state index contributed by atoms with van der Waals surface area (Å²) >= 11 is 0. The van der Waals surface area contributed by atoms with E-state index in [0.717, 1.165) is 30.5 Å². The number of aryl methyl sites for hydroxylation is 1. The van der Waals surface area contributed by atoms with Crippen LogP contribution in [0.5, 0.6) is 0 Å². The molecule has 4 nitrogen and oxygen atoms in total. The number of methoxy groups -OCH3 is 1. The number of hydrogen-bond acceptors (Lipinski definition) is 3. The number of nitrogens with zero attached hydrogens (tertiary/aromatic N) is 2. The first kappa shape index (κ1) is 9.78. The van der Waals surface area contributed by atoms with Crippen LogP contribution in [0, 0.1) is 12.3 Å². The number of terminal acetylenes is 1. The molecule has 78 valence electrons. The number of carbonyl (C=O) groups excluding carboxylic acids is 1. The molecule has 0 aromatic carbocycles. The van der Waals surface area contributed by atoms with Gasteiger partial charge in [0, 0.05) is 5.56 Å². The highest BCUT2D eigenvalue weighted by Crippen LogP contribution is 2.25. The van der Waals surface area contributed by atoms with Crippen molar-refractivity contribution in [2.45, 2.75) is 25.8 Å². The summed E-state index contributed by atoms with van der Waals surface area (Å²) in [6, 6.07) is 0. The maximum Gasteiger partial charge on any atom is 0.356 e. The van der Waals surface area contributed by atoms with E-state index in [1.807, 2.05) is 0 Å². The highest BCUT2D eigenvalue weighted by atomic mass is 16.5. The van der Waals surface area contributed by atoms with E-state index in [0.29, 0.717) is 12.2 Å². The monoisotopic (exact) mass is 204 g/mol. The van der Waals surface area contributed by atoms with Crippen molar-refractivity contribution in [2.75, 3.05) is 7.11 Å². The molecule has 2 rings (SSSR count). The molecule has 0 unspecified atom stereocenters. The molecule has 0 saturated heterocycles. The maximum atomic E-state index is 11.6. The first-order valence-corrected chi connectivity index (χ1v) is 4.88.